The van der Waals surface area contributed by atoms with E-state index in [1.165, 1.54) is 6.33 Å². The fourth-order valence-corrected chi connectivity index (χ4v) is 6.05. The summed E-state index contributed by atoms with van der Waals surface area (Å²) in [6.45, 7) is -0.222. The van der Waals surface area contributed by atoms with Crippen LogP contribution in [0.2, 0.25) is 0 Å². The quantitative estimate of drug-likeness (QED) is 0.135. The molecule has 45 heavy (non-hydrogen) atoms. The van der Waals surface area contributed by atoms with Crippen molar-refractivity contribution in [3.8, 4) is 12.0 Å². The molecule has 4 aromatic heterocycles. The molecule has 0 spiro atoms. The summed E-state index contributed by atoms with van der Waals surface area (Å²) >= 11 is 3.39. The van der Waals surface area contributed by atoms with Crippen molar-refractivity contribution in [1.29, 1.82) is 0 Å². The summed E-state index contributed by atoms with van der Waals surface area (Å²) in [5.74, 6) is 0.238. The highest BCUT2D eigenvalue weighted by Crippen LogP contribution is 2.37. The fourth-order valence-electron chi connectivity index (χ4n) is 5.47. The summed E-state index contributed by atoms with van der Waals surface area (Å²) in [6.07, 6.45) is -3.00. The minimum atomic E-state index is -0.932. The van der Waals surface area contributed by atoms with E-state index in [2.05, 4.69) is 45.8 Å². The van der Waals surface area contributed by atoms with Crippen LogP contribution in [0, 0.1) is 0 Å². The number of fused-ring (bicyclic) bond motifs is 2. The van der Waals surface area contributed by atoms with Gasteiger partial charge in [-0.15, -0.1) is 0 Å². The first-order valence-corrected chi connectivity index (χ1v) is 14.9. The maximum absolute atomic E-state index is 11.0. The standard InChI is InChI=1S/C27H29BrN10O7/c28-25-33-20-22(30)35-26(36-24(20)37(25)17-6-13(40)15(8-39)44-17)42-10-16-14(41)7-18(45-16)38-23-19(21(29)31-11-32-23)34-27(38)43-9-12-4-2-1-3-5-12/h1-5,11,13-18,39-41H,6-10H2,(H2,29,31,32)(H2,30,35,36)/t13?,14?,15-,16-,17-,18-/m1/s1. The highest BCUT2D eigenvalue weighted by Gasteiger charge is 2.39. The number of benzene rings is 1. The van der Waals surface area contributed by atoms with Gasteiger partial charge in [0.25, 0.3) is 0 Å². The Morgan fingerprint density at radius 3 is 2.31 bits per heavy atom. The topological polar surface area (TPSA) is 237 Å². The highest BCUT2D eigenvalue weighted by molar-refractivity contribution is 9.10. The van der Waals surface area contributed by atoms with E-state index in [1.54, 1.807) is 9.13 Å². The van der Waals surface area contributed by atoms with E-state index in [9.17, 15) is 15.3 Å². The van der Waals surface area contributed by atoms with Crippen molar-refractivity contribution in [2.45, 2.75) is 56.3 Å². The highest BCUT2D eigenvalue weighted by atomic mass is 79.9. The normalized spacial score (nSPS) is 25.0. The Kier molecular flexibility index (Phi) is 7.84. The number of ether oxygens (including phenoxy) is 4. The van der Waals surface area contributed by atoms with Crippen molar-refractivity contribution in [3.05, 3.63) is 47.0 Å². The van der Waals surface area contributed by atoms with Gasteiger partial charge in [0.15, 0.2) is 38.7 Å². The number of anilines is 2. The SMILES string of the molecule is Nc1nc(OC[C@H]2O[C@@H](n3c(OCc4ccccc4)nc4c(N)ncnc43)CC2O)nc2c1nc(Br)n2[C@H]1CC(O)[C@@H](CO)O1. The van der Waals surface area contributed by atoms with Crippen molar-refractivity contribution >= 4 is 49.9 Å². The van der Waals surface area contributed by atoms with E-state index in [1.807, 2.05) is 30.3 Å². The summed E-state index contributed by atoms with van der Waals surface area (Å²) in [6, 6.07) is 9.73. The van der Waals surface area contributed by atoms with Crippen LogP contribution in [0.25, 0.3) is 22.3 Å². The zero-order valence-corrected chi connectivity index (χ0v) is 25.1. The molecule has 0 amide bonds. The number of halogens is 1. The van der Waals surface area contributed by atoms with Crippen LogP contribution >= 0.6 is 15.9 Å². The predicted octanol–water partition coefficient (Wildman–Crippen LogP) is 0.840. The molecule has 0 saturated carbocycles. The Balaban J connectivity index is 1.11. The fraction of sp³-hybridized carbons (Fsp3) is 0.407. The summed E-state index contributed by atoms with van der Waals surface area (Å²) in [4.78, 5) is 26.0. The van der Waals surface area contributed by atoms with Gasteiger partial charge in [-0.2, -0.15) is 15.0 Å². The van der Waals surface area contributed by atoms with E-state index in [0.717, 1.165) is 5.56 Å². The van der Waals surface area contributed by atoms with Gasteiger partial charge in [0.05, 0.1) is 18.8 Å². The smallest absolute Gasteiger partial charge is 0.320 e. The molecule has 7 rings (SSSR count). The minimum absolute atomic E-state index is 0.0554. The number of aliphatic hydroxyl groups excluding tert-OH is 3. The van der Waals surface area contributed by atoms with Gasteiger partial charge in [-0.3, -0.25) is 9.13 Å². The Hall–Kier alpha value is -4.20. The monoisotopic (exact) mass is 684 g/mol. The first kappa shape index (κ1) is 29.5. The molecule has 7 N–H and O–H groups in total. The summed E-state index contributed by atoms with van der Waals surface area (Å²) in [5.41, 5.74) is 14.5. The Labute approximate surface area is 262 Å². The third kappa shape index (κ3) is 5.49. The molecule has 6 atom stereocenters. The number of aliphatic hydroxyl groups is 3. The van der Waals surface area contributed by atoms with Crippen molar-refractivity contribution in [3.63, 3.8) is 0 Å². The molecule has 2 unspecified atom stereocenters. The second-order valence-corrected chi connectivity index (χ2v) is 11.4. The molecule has 2 aliphatic heterocycles. The predicted molar refractivity (Wildman–Crippen MR) is 160 cm³/mol. The van der Waals surface area contributed by atoms with Gasteiger partial charge < -0.3 is 45.7 Å². The van der Waals surface area contributed by atoms with Gasteiger partial charge in [-0.1, -0.05) is 30.3 Å². The molecule has 236 valence electrons. The molecule has 0 radical (unpaired) electrons. The first-order chi connectivity index (χ1) is 21.8. The molecule has 0 bridgehead atoms. The number of nitrogens with zero attached hydrogens (tertiary/aromatic N) is 8. The molecule has 2 saturated heterocycles. The van der Waals surface area contributed by atoms with Gasteiger partial charge in [-0.25, -0.2) is 15.0 Å². The van der Waals surface area contributed by atoms with Crippen LogP contribution in [0.15, 0.2) is 41.4 Å². The Bertz CT molecular complexity index is 1840. The third-order valence-electron chi connectivity index (χ3n) is 7.73. The van der Waals surface area contributed by atoms with E-state index in [-0.39, 0.29) is 56.3 Å². The molecule has 6 heterocycles. The summed E-state index contributed by atoms with van der Waals surface area (Å²) in [7, 11) is 0. The Morgan fingerprint density at radius 1 is 0.844 bits per heavy atom. The molecule has 17 nitrogen and oxygen atoms in total. The van der Waals surface area contributed by atoms with Crippen molar-refractivity contribution in [2.75, 3.05) is 24.7 Å². The number of imidazole rings is 2. The molecular formula is C27H29BrN10O7. The van der Waals surface area contributed by atoms with E-state index in [0.29, 0.717) is 27.1 Å². The molecule has 2 fully saturated rings. The summed E-state index contributed by atoms with van der Waals surface area (Å²) in [5, 5.41) is 30.7. The number of hydrogen-bond acceptors (Lipinski definition) is 15. The number of rotatable bonds is 9. The van der Waals surface area contributed by atoms with Crippen LogP contribution in [-0.2, 0) is 16.1 Å². The van der Waals surface area contributed by atoms with E-state index >= 15 is 0 Å². The second-order valence-electron chi connectivity index (χ2n) is 10.6. The average Bonchev–Trinajstić information content (AvgIpc) is 3.78. The van der Waals surface area contributed by atoms with Gasteiger partial charge in [-0.05, 0) is 21.5 Å². The maximum Gasteiger partial charge on any atom is 0.320 e. The van der Waals surface area contributed by atoms with Gasteiger partial charge >= 0.3 is 12.0 Å². The third-order valence-corrected chi connectivity index (χ3v) is 8.29. The van der Waals surface area contributed by atoms with Crippen LogP contribution in [0.5, 0.6) is 12.0 Å². The van der Waals surface area contributed by atoms with Crippen LogP contribution in [0.4, 0.5) is 11.6 Å². The lowest BCUT2D eigenvalue weighted by Crippen LogP contribution is -2.28. The summed E-state index contributed by atoms with van der Waals surface area (Å²) < 4.78 is 27.5. The van der Waals surface area contributed by atoms with Crippen molar-refractivity contribution in [1.82, 2.24) is 39.0 Å². The maximum atomic E-state index is 11.0. The van der Waals surface area contributed by atoms with Crippen molar-refractivity contribution in [2.24, 2.45) is 0 Å². The number of hydrogen-bond donors (Lipinski definition) is 5. The lowest BCUT2D eigenvalue weighted by atomic mass is 10.2. The molecule has 1 aromatic carbocycles. The van der Waals surface area contributed by atoms with Gasteiger partial charge in [0, 0.05) is 12.8 Å². The van der Waals surface area contributed by atoms with E-state index < -0.39 is 36.9 Å². The lowest BCUT2D eigenvalue weighted by Gasteiger charge is -2.18. The average molecular weight is 685 g/mol. The van der Waals surface area contributed by atoms with Crippen LogP contribution in [0.1, 0.15) is 30.9 Å². The van der Waals surface area contributed by atoms with Crippen LogP contribution in [0.3, 0.4) is 0 Å². The molecule has 0 aliphatic carbocycles. The largest absolute Gasteiger partial charge is 0.460 e. The minimum Gasteiger partial charge on any atom is -0.460 e. The first-order valence-electron chi connectivity index (χ1n) is 14.1. The van der Waals surface area contributed by atoms with Gasteiger partial charge in [0.2, 0.25) is 0 Å². The van der Waals surface area contributed by atoms with Crippen LogP contribution in [-0.4, -0.2) is 92.0 Å². The van der Waals surface area contributed by atoms with E-state index in [4.69, 9.17) is 30.4 Å². The van der Waals surface area contributed by atoms with Crippen LogP contribution < -0.4 is 20.9 Å². The lowest BCUT2D eigenvalue weighted by molar-refractivity contribution is -0.0442. The van der Waals surface area contributed by atoms with Gasteiger partial charge in [0.1, 0.15) is 44.2 Å². The zero-order valence-electron chi connectivity index (χ0n) is 23.5. The molecule has 2 aliphatic rings. The van der Waals surface area contributed by atoms with Crippen molar-refractivity contribution < 1.29 is 34.3 Å². The molecule has 5 aromatic rings. The zero-order chi connectivity index (χ0) is 31.2. The number of nitrogen functional groups attached to an aromatic ring is 2. The second kappa shape index (κ2) is 12.0. The molecular weight excluding hydrogens is 656 g/mol. The molecule has 18 heteroatoms. The Morgan fingerprint density at radius 2 is 1.56 bits per heavy atom. The number of aromatic nitrogens is 8. The number of nitrogens with two attached hydrogens (primary N) is 2.